The Morgan fingerprint density at radius 1 is 1.39 bits per heavy atom. The van der Waals surface area contributed by atoms with Gasteiger partial charge < -0.3 is 11.1 Å². The molecule has 0 saturated carbocycles. The Bertz CT molecular complexity index is 438. The molecule has 0 aliphatic heterocycles. The van der Waals surface area contributed by atoms with Crippen molar-refractivity contribution in [2.75, 3.05) is 5.73 Å². The zero-order chi connectivity index (χ0) is 13.9. The zero-order valence-electron chi connectivity index (χ0n) is 11.7. The molecule has 3 nitrogen and oxygen atoms in total. The van der Waals surface area contributed by atoms with Gasteiger partial charge in [0.05, 0.1) is 5.25 Å². The molecule has 3 N–H and O–H groups in total. The molecule has 1 aromatic rings. The molecule has 0 saturated heterocycles. The second-order valence-electron chi connectivity index (χ2n) is 5.52. The normalized spacial score (nSPS) is 13.2. The lowest BCUT2D eigenvalue weighted by Crippen LogP contribution is -2.44. The highest BCUT2D eigenvalue weighted by Crippen LogP contribution is 2.28. The van der Waals surface area contributed by atoms with Crippen LogP contribution in [0.4, 0.5) is 5.69 Å². The van der Waals surface area contributed by atoms with E-state index in [1.54, 1.807) is 11.8 Å². The fraction of sp³-hybridized carbons (Fsp3) is 0.500. The van der Waals surface area contributed by atoms with Crippen LogP contribution in [0.3, 0.4) is 0 Å². The summed E-state index contributed by atoms with van der Waals surface area (Å²) in [5, 5.41) is 2.87. The molecule has 4 heteroatoms. The quantitative estimate of drug-likeness (QED) is 0.653. The number of aryl methyl sites for hydroxylation is 1. The smallest absolute Gasteiger partial charge is 0.233 e. The van der Waals surface area contributed by atoms with Gasteiger partial charge in [0.25, 0.3) is 0 Å². The van der Waals surface area contributed by atoms with Crippen molar-refractivity contribution in [1.82, 2.24) is 5.32 Å². The third kappa shape index (κ3) is 4.61. The van der Waals surface area contributed by atoms with E-state index in [9.17, 15) is 4.79 Å². The first-order valence-corrected chi connectivity index (χ1v) is 6.92. The molecule has 0 aliphatic carbocycles. The highest BCUT2D eigenvalue weighted by atomic mass is 32.2. The summed E-state index contributed by atoms with van der Waals surface area (Å²) in [5.41, 5.74) is 7.38. The lowest BCUT2D eigenvalue weighted by molar-refractivity contribution is -0.121. The van der Waals surface area contributed by atoms with Crippen molar-refractivity contribution in [3.05, 3.63) is 23.8 Å². The number of carbonyl (C=O) groups is 1. The minimum absolute atomic E-state index is 0.0590. The van der Waals surface area contributed by atoms with Crippen LogP contribution in [0.2, 0.25) is 0 Å². The second-order valence-corrected chi connectivity index (χ2v) is 6.91. The highest BCUT2D eigenvalue weighted by Gasteiger charge is 2.20. The summed E-state index contributed by atoms with van der Waals surface area (Å²) in [6.45, 7) is 9.87. The van der Waals surface area contributed by atoms with Crippen molar-refractivity contribution < 1.29 is 4.79 Å². The van der Waals surface area contributed by atoms with E-state index in [1.165, 1.54) is 0 Å². The maximum absolute atomic E-state index is 12.0. The Labute approximate surface area is 114 Å². The maximum atomic E-state index is 12.0. The highest BCUT2D eigenvalue weighted by molar-refractivity contribution is 8.00. The van der Waals surface area contributed by atoms with Crippen LogP contribution >= 0.6 is 11.8 Å². The number of hydrogen-bond donors (Lipinski definition) is 2. The Kier molecular flexibility index (Phi) is 4.68. The Morgan fingerprint density at radius 2 is 2.00 bits per heavy atom. The van der Waals surface area contributed by atoms with Crippen molar-refractivity contribution in [3.8, 4) is 0 Å². The van der Waals surface area contributed by atoms with Crippen LogP contribution in [-0.4, -0.2) is 16.7 Å². The van der Waals surface area contributed by atoms with Gasteiger partial charge >= 0.3 is 0 Å². The first-order valence-electron chi connectivity index (χ1n) is 6.04. The number of carbonyl (C=O) groups excluding carboxylic acids is 1. The van der Waals surface area contributed by atoms with E-state index in [0.29, 0.717) is 0 Å². The summed E-state index contributed by atoms with van der Waals surface area (Å²) < 4.78 is 0. The average Bonchev–Trinajstić information content (AvgIpc) is 2.19. The molecule has 0 radical (unpaired) electrons. The van der Waals surface area contributed by atoms with Crippen molar-refractivity contribution in [2.45, 2.75) is 50.3 Å². The number of thioether (sulfide) groups is 1. The number of rotatable bonds is 3. The van der Waals surface area contributed by atoms with Gasteiger partial charge in [0.15, 0.2) is 0 Å². The third-order valence-corrected chi connectivity index (χ3v) is 3.65. The Morgan fingerprint density at radius 3 is 2.50 bits per heavy atom. The van der Waals surface area contributed by atoms with Crippen LogP contribution in [0, 0.1) is 6.92 Å². The zero-order valence-corrected chi connectivity index (χ0v) is 12.5. The van der Waals surface area contributed by atoms with Crippen molar-refractivity contribution in [1.29, 1.82) is 0 Å². The van der Waals surface area contributed by atoms with Crippen molar-refractivity contribution >= 4 is 23.4 Å². The maximum Gasteiger partial charge on any atom is 0.233 e. The summed E-state index contributed by atoms with van der Waals surface area (Å²) in [5.74, 6) is 0.0590. The molecule has 0 bridgehead atoms. The second kappa shape index (κ2) is 5.65. The van der Waals surface area contributed by atoms with Gasteiger partial charge in [-0.25, -0.2) is 0 Å². The molecular weight excluding hydrogens is 244 g/mol. The van der Waals surface area contributed by atoms with E-state index >= 15 is 0 Å². The average molecular weight is 266 g/mol. The number of amides is 1. The molecule has 0 aliphatic rings. The van der Waals surface area contributed by atoms with Crippen LogP contribution in [0.5, 0.6) is 0 Å². The topological polar surface area (TPSA) is 55.1 Å². The van der Waals surface area contributed by atoms with Crippen molar-refractivity contribution in [3.63, 3.8) is 0 Å². The Hall–Kier alpha value is -1.16. The van der Waals surface area contributed by atoms with Gasteiger partial charge in [0.1, 0.15) is 0 Å². The molecule has 1 unspecified atom stereocenters. The van der Waals surface area contributed by atoms with E-state index in [1.807, 2.05) is 52.8 Å². The number of benzene rings is 1. The van der Waals surface area contributed by atoms with Gasteiger partial charge in [-0.15, -0.1) is 11.8 Å². The molecule has 100 valence electrons. The van der Waals surface area contributed by atoms with E-state index in [0.717, 1.165) is 16.1 Å². The summed E-state index contributed by atoms with van der Waals surface area (Å²) in [6.07, 6.45) is 0. The van der Waals surface area contributed by atoms with Crippen LogP contribution in [-0.2, 0) is 4.79 Å². The van der Waals surface area contributed by atoms with Gasteiger partial charge in [-0.3, -0.25) is 4.79 Å². The monoisotopic (exact) mass is 266 g/mol. The number of hydrogen-bond acceptors (Lipinski definition) is 3. The first kappa shape index (κ1) is 14.9. The SMILES string of the molecule is Cc1cc(N)ccc1SC(C)C(=O)NC(C)(C)C. The minimum atomic E-state index is -0.192. The predicted octanol–water partition coefficient (Wildman–Crippen LogP) is 2.97. The van der Waals surface area contributed by atoms with Crippen molar-refractivity contribution in [2.24, 2.45) is 0 Å². The first-order chi connectivity index (χ1) is 8.19. The molecule has 0 aromatic heterocycles. The van der Waals surface area contributed by atoms with Gasteiger partial charge in [0, 0.05) is 16.1 Å². The Balaban J connectivity index is 2.69. The van der Waals surface area contributed by atoms with E-state index < -0.39 is 0 Å². The van der Waals surface area contributed by atoms with Gasteiger partial charge in [-0.05, 0) is 58.4 Å². The lowest BCUT2D eigenvalue weighted by Gasteiger charge is -2.23. The molecule has 1 rings (SSSR count). The molecule has 18 heavy (non-hydrogen) atoms. The van der Waals surface area contributed by atoms with Crippen LogP contribution in [0.25, 0.3) is 0 Å². The molecular formula is C14H22N2OS. The summed E-state index contributed by atoms with van der Waals surface area (Å²) >= 11 is 1.56. The number of nitrogens with one attached hydrogen (secondary N) is 1. The lowest BCUT2D eigenvalue weighted by atomic mass is 10.1. The summed E-state index contributed by atoms with van der Waals surface area (Å²) in [7, 11) is 0. The number of nitrogen functional groups attached to an aromatic ring is 1. The van der Waals surface area contributed by atoms with E-state index in [-0.39, 0.29) is 16.7 Å². The molecule has 0 heterocycles. The van der Waals surface area contributed by atoms with Gasteiger partial charge in [-0.1, -0.05) is 0 Å². The van der Waals surface area contributed by atoms with E-state index in [4.69, 9.17) is 5.73 Å². The molecule has 1 atom stereocenters. The molecule has 1 amide bonds. The fourth-order valence-electron chi connectivity index (χ4n) is 1.52. The number of anilines is 1. The van der Waals surface area contributed by atoms with Crippen LogP contribution in [0.1, 0.15) is 33.3 Å². The molecule has 1 aromatic carbocycles. The van der Waals surface area contributed by atoms with Crippen LogP contribution in [0.15, 0.2) is 23.1 Å². The third-order valence-electron chi connectivity index (χ3n) is 2.37. The fourth-order valence-corrected chi connectivity index (χ4v) is 2.46. The minimum Gasteiger partial charge on any atom is -0.399 e. The van der Waals surface area contributed by atoms with Gasteiger partial charge in [-0.2, -0.15) is 0 Å². The number of nitrogens with two attached hydrogens (primary N) is 1. The predicted molar refractivity (Wildman–Crippen MR) is 78.8 cm³/mol. The largest absolute Gasteiger partial charge is 0.399 e. The summed E-state index contributed by atoms with van der Waals surface area (Å²) in [6, 6.07) is 5.76. The van der Waals surface area contributed by atoms with Gasteiger partial charge in [0.2, 0.25) is 5.91 Å². The molecule has 0 fully saturated rings. The van der Waals surface area contributed by atoms with Crippen LogP contribution < -0.4 is 11.1 Å². The standard InChI is InChI=1S/C14H22N2OS/c1-9-8-11(15)6-7-12(9)18-10(2)13(17)16-14(3,4)5/h6-8,10H,15H2,1-5H3,(H,16,17). The molecule has 0 spiro atoms. The summed E-state index contributed by atoms with van der Waals surface area (Å²) in [4.78, 5) is 13.1. The van der Waals surface area contributed by atoms with E-state index in [2.05, 4.69) is 5.32 Å².